The molecular formula is C22H33FN4O3. The maximum atomic E-state index is 13.2. The number of benzene rings is 1. The van der Waals surface area contributed by atoms with E-state index in [9.17, 15) is 14.0 Å². The third-order valence-corrected chi connectivity index (χ3v) is 6.03. The fourth-order valence-corrected chi connectivity index (χ4v) is 4.08. The van der Waals surface area contributed by atoms with Crippen molar-refractivity contribution >= 4 is 11.8 Å². The van der Waals surface area contributed by atoms with E-state index in [-0.39, 0.29) is 23.7 Å². The van der Waals surface area contributed by atoms with Crippen molar-refractivity contribution in [1.82, 2.24) is 19.6 Å². The minimum atomic E-state index is -0.277. The van der Waals surface area contributed by atoms with Gasteiger partial charge in [0.15, 0.2) is 0 Å². The van der Waals surface area contributed by atoms with Crippen LogP contribution in [0.3, 0.4) is 0 Å². The van der Waals surface area contributed by atoms with Crippen LogP contribution < -0.4 is 0 Å². The number of hydrogen-bond donors (Lipinski definition) is 0. The Hall–Kier alpha value is -2.03. The van der Waals surface area contributed by atoms with Gasteiger partial charge in [-0.1, -0.05) is 12.1 Å². The zero-order valence-electron chi connectivity index (χ0n) is 18.1. The summed E-state index contributed by atoms with van der Waals surface area (Å²) in [5.74, 6) is -0.0632. The molecule has 2 amide bonds. The molecule has 8 heteroatoms. The molecule has 0 aliphatic carbocycles. The van der Waals surface area contributed by atoms with Crippen LogP contribution in [0.15, 0.2) is 24.3 Å². The molecule has 3 rings (SSSR count). The molecule has 1 atom stereocenters. The first-order chi connectivity index (χ1) is 14.5. The first kappa shape index (κ1) is 22.7. The van der Waals surface area contributed by atoms with E-state index in [1.54, 1.807) is 12.1 Å². The van der Waals surface area contributed by atoms with Gasteiger partial charge >= 0.3 is 0 Å². The number of carbonyl (C=O) groups excluding carboxylic acids is 2. The van der Waals surface area contributed by atoms with Crippen molar-refractivity contribution in [2.24, 2.45) is 0 Å². The summed E-state index contributed by atoms with van der Waals surface area (Å²) in [6, 6.07) is 6.21. The molecule has 0 saturated carbocycles. The molecule has 2 fully saturated rings. The Labute approximate surface area is 178 Å². The van der Waals surface area contributed by atoms with Gasteiger partial charge in [-0.25, -0.2) is 4.39 Å². The van der Waals surface area contributed by atoms with Crippen molar-refractivity contribution in [2.45, 2.75) is 19.9 Å². The lowest BCUT2D eigenvalue weighted by molar-refractivity contribution is -0.137. The summed E-state index contributed by atoms with van der Waals surface area (Å²) in [6.45, 7) is 11.0. The minimum Gasteiger partial charge on any atom is -0.379 e. The van der Waals surface area contributed by atoms with Gasteiger partial charge in [0.1, 0.15) is 5.82 Å². The first-order valence-corrected chi connectivity index (χ1v) is 10.8. The van der Waals surface area contributed by atoms with Gasteiger partial charge in [-0.05, 0) is 31.5 Å². The molecule has 166 valence electrons. The van der Waals surface area contributed by atoms with E-state index in [0.717, 1.165) is 18.7 Å². The second kappa shape index (κ2) is 10.8. The molecule has 0 spiro atoms. The predicted molar refractivity (Wildman–Crippen MR) is 112 cm³/mol. The van der Waals surface area contributed by atoms with Crippen LogP contribution in [0.2, 0.25) is 0 Å². The van der Waals surface area contributed by atoms with Gasteiger partial charge in [0.05, 0.1) is 32.3 Å². The largest absolute Gasteiger partial charge is 0.379 e. The van der Waals surface area contributed by atoms with Crippen LogP contribution in [0.5, 0.6) is 0 Å². The van der Waals surface area contributed by atoms with E-state index in [0.29, 0.717) is 59.0 Å². The summed E-state index contributed by atoms with van der Waals surface area (Å²) in [7, 11) is 0. The Kier molecular flexibility index (Phi) is 8.18. The molecule has 0 bridgehead atoms. The molecule has 30 heavy (non-hydrogen) atoms. The Balaban J connectivity index is 1.46. The summed E-state index contributed by atoms with van der Waals surface area (Å²) in [6.07, 6.45) is 0. The van der Waals surface area contributed by atoms with Gasteiger partial charge in [0.2, 0.25) is 11.8 Å². The molecule has 2 saturated heterocycles. The topological polar surface area (TPSA) is 56.3 Å². The molecular weight excluding hydrogens is 387 g/mol. The molecule has 2 aliphatic rings. The molecule has 0 radical (unpaired) electrons. The second-order valence-corrected chi connectivity index (χ2v) is 7.95. The Morgan fingerprint density at radius 2 is 1.60 bits per heavy atom. The molecule has 0 N–H and O–H groups in total. The average molecular weight is 421 g/mol. The van der Waals surface area contributed by atoms with Crippen LogP contribution in [-0.2, 0) is 14.3 Å². The molecule has 1 unspecified atom stereocenters. The lowest BCUT2D eigenvalue weighted by Gasteiger charge is -2.37. The van der Waals surface area contributed by atoms with Crippen LogP contribution >= 0.6 is 0 Å². The number of likely N-dealkylation sites (N-methyl/N-ethyl adjacent to an activating group) is 1. The van der Waals surface area contributed by atoms with E-state index >= 15 is 0 Å². The molecule has 7 nitrogen and oxygen atoms in total. The number of halogens is 1. The quantitative estimate of drug-likeness (QED) is 0.664. The highest BCUT2D eigenvalue weighted by atomic mass is 19.1. The van der Waals surface area contributed by atoms with E-state index in [2.05, 4.69) is 9.80 Å². The second-order valence-electron chi connectivity index (χ2n) is 7.95. The van der Waals surface area contributed by atoms with E-state index in [4.69, 9.17) is 4.74 Å². The van der Waals surface area contributed by atoms with Crippen LogP contribution in [0.1, 0.15) is 25.5 Å². The van der Waals surface area contributed by atoms with Crippen LogP contribution in [0, 0.1) is 5.82 Å². The number of nitrogens with zero attached hydrogens (tertiary/aromatic N) is 4. The number of hydrogen-bond acceptors (Lipinski definition) is 5. The summed E-state index contributed by atoms with van der Waals surface area (Å²) in [5.41, 5.74) is 0.921. The highest BCUT2D eigenvalue weighted by Gasteiger charge is 2.27. The number of rotatable bonds is 7. The van der Waals surface area contributed by atoms with Crippen molar-refractivity contribution in [3.63, 3.8) is 0 Å². The normalized spacial score (nSPS) is 19.5. The van der Waals surface area contributed by atoms with Crippen LogP contribution in [-0.4, -0.2) is 104 Å². The van der Waals surface area contributed by atoms with E-state index in [1.807, 2.05) is 23.6 Å². The Morgan fingerprint density at radius 3 is 2.20 bits per heavy atom. The zero-order valence-corrected chi connectivity index (χ0v) is 18.1. The minimum absolute atomic E-state index is 0.0578. The third-order valence-electron chi connectivity index (χ3n) is 6.03. The summed E-state index contributed by atoms with van der Waals surface area (Å²) < 4.78 is 18.5. The van der Waals surface area contributed by atoms with Gasteiger partial charge in [-0.15, -0.1) is 0 Å². The van der Waals surface area contributed by atoms with Crippen molar-refractivity contribution < 1.29 is 18.7 Å². The summed E-state index contributed by atoms with van der Waals surface area (Å²) in [4.78, 5) is 33.4. The maximum Gasteiger partial charge on any atom is 0.237 e. The number of amides is 2. The Morgan fingerprint density at radius 1 is 1.00 bits per heavy atom. The monoisotopic (exact) mass is 420 g/mol. The number of ether oxygens (including phenoxy) is 1. The van der Waals surface area contributed by atoms with E-state index < -0.39 is 0 Å². The van der Waals surface area contributed by atoms with Crippen LogP contribution in [0.4, 0.5) is 4.39 Å². The first-order valence-electron chi connectivity index (χ1n) is 10.8. The van der Waals surface area contributed by atoms with Gasteiger partial charge in [-0.3, -0.25) is 19.4 Å². The highest BCUT2D eigenvalue weighted by Crippen LogP contribution is 2.21. The van der Waals surface area contributed by atoms with Gasteiger partial charge < -0.3 is 14.5 Å². The molecule has 1 aromatic carbocycles. The lowest BCUT2D eigenvalue weighted by Crippen LogP contribution is -2.54. The third kappa shape index (κ3) is 6.00. The number of piperazine rings is 1. The van der Waals surface area contributed by atoms with Gasteiger partial charge in [0.25, 0.3) is 0 Å². The predicted octanol–water partition coefficient (Wildman–Crippen LogP) is 1.21. The fraction of sp³-hybridized carbons (Fsp3) is 0.636. The SMILES string of the molecule is CCN(C(=O)CN1CCN(C(=O)CN2CCOCC2)CC1)C(C)c1ccc(F)cc1. The van der Waals surface area contributed by atoms with Crippen molar-refractivity contribution in [3.8, 4) is 0 Å². The Bertz CT molecular complexity index is 701. The zero-order chi connectivity index (χ0) is 21.5. The van der Waals surface area contributed by atoms with Crippen molar-refractivity contribution in [1.29, 1.82) is 0 Å². The fourth-order valence-electron chi connectivity index (χ4n) is 4.08. The van der Waals surface area contributed by atoms with E-state index in [1.165, 1.54) is 12.1 Å². The maximum absolute atomic E-state index is 13.2. The number of carbonyl (C=O) groups is 2. The standard InChI is InChI=1S/C22H33FN4O3/c1-3-27(18(2)19-4-6-20(23)7-5-19)22(29)17-24-8-10-26(11-9-24)21(28)16-25-12-14-30-15-13-25/h4-7,18H,3,8-17H2,1-2H3. The van der Waals surface area contributed by atoms with Crippen LogP contribution in [0.25, 0.3) is 0 Å². The summed E-state index contributed by atoms with van der Waals surface area (Å²) >= 11 is 0. The molecule has 1 aromatic rings. The number of morpholine rings is 1. The average Bonchev–Trinajstić information content (AvgIpc) is 2.76. The lowest BCUT2D eigenvalue weighted by atomic mass is 10.1. The molecule has 2 heterocycles. The molecule has 0 aromatic heterocycles. The summed E-state index contributed by atoms with van der Waals surface area (Å²) in [5, 5.41) is 0. The van der Waals surface area contributed by atoms with Crippen molar-refractivity contribution in [2.75, 3.05) is 72.1 Å². The highest BCUT2D eigenvalue weighted by molar-refractivity contribution is 5.79. The van der Waals surface area contributed by atoms with Gasteiger partial charge in [-0.2, -0.15) is 0 Å². The molecule has 2 aliphatic heterocycles. The van der Waals surface area contributed by atoms with Crippen molar-refractivity contribution in [3.05, 3.63) is 35.6 Å². The smallest absolute Gasteiger partial charge is 0.237 e. The van der Waals surface area contributed by atoms with Gasteiger partial charge in [0, 0.05) is 45.8 Å².